The second-order valence-electron chi connectivity index (χ2n) is 18.0. The average molecular weight is 908 g/mol. The van der Waals surface area contributed by atoms with Gasteiger partial charge in [-0.1, -0.05) is 231 Å². The van der Waals surface area contributed by atoms with Crippen molar-refractivity contribution in [2.24, 2.45) is 0 Å². The molecule has 0 aliphatic heterocycles. The van der Waals surface area contributed by atoms with E-state index in [9.17, 15) is 0 Å². The van der Waals surface area contributed by atoms with Gasteiger partial charge in [0.2, 0.25) is 0 Å². The third kappa shape index (κ3) is 7.34. The van der Waals surface area contributed by atoms with E-state index < -0.39 is 0 Å². The fourth-order valence-electron chi connectivity index (χ4n) is 10.6. The topological polar surface area (TPSA) is 3.24 Å². The lowest BCUT2D eigenvalue weighted by Gasteiger charge is -2.27. The first-order valence-electron chi connectivity index (χ1n) is 24.0. The molecule has 0 saturated carbocycles. The van der Waals surface area contributed by atoms with Crippen molar-refractivity contribution in [3.63, 3.8) is 0 Å². The van der Waals surface area contributed by atoms with Crippen LogP contribution in [0.2, 0.25) is 0 Å². The van der Waals surface area contributed by atoms with E-state index in [0.717, 1.165) is 17.1 Å². The van der Waals surface area contributed by atoms with Crippen LogP contribution in [0.3, 0.4) is 0 Å². The molecule has 0 atom stereocenters. The zero-order valence-electron chi connectivity index (χ0n) is 38.3. The first kappa shape index (κ1) is 41.4. The van der Waals surface area contributed by atoms with Gasteiger partial charge in [0.25, 0.3) is 0 Å². The highest BCUT2D eigenvalue weighted by atomic mass is 32.1. The number of hydrogen-bond donors (Lipinski definition) is 0. The van der Waals surface area contributed by atoms with Gasteiger partial charge in [0.1, 0.15) is 0 Å². The highest BCUT2D eigenvalue weighted by molar-refractivity contribution is 7.26. The van der Waals surface area contributed by atoms with E-state index in [1.165, 1.54) is 108 Å². The van der Waals surface area contributed by atoms with Gasteiger partial charge in [-0.25, -0.2) is 0 Å². The van der Waals surface area contributed by atoms with Gasteiger partial charge < -0.3 is 4.90 Å². The summed E-state index contributed by atoms with van der Waals surface area (Å²) in [5.74, 6) is 0. The summed E-state index contributed by atoms with van der Waals surface area (Å²) >= 11 is 1.88. The summed E-state index contributed by atoms with van der Waals surface area (Å²) in [5.41, 5.74) is 17.9. The average Bonchev–Trinajstić information content (AvgIpc) is 3.84. The molecule has 70 heavy (non-hydrogen) atoms. The van der Waals surface area contributed by atoms with E-state index in [2.05, 4.69) is 278 Å². The van der Waals surface area contributed by atoms with Crippen LogP contribution in [0.15, 0.2) is 273 Å². The van der Waals surface area contributed by atoms with Gasteiger partial charge in [-0.15, -0.1) is 11.3 Å². The highest BCUT2D eigenvalue weighted by Gasteiger charge is 2.22. The number of rotatable bonds is 9. The fourth-order valence-corrected chi connectivity index (χ4v) is 11.8. The molecule has 1 nitrogen and oxygen atoms in total. The zero-order valence-corrected chi connectivity index (χ0v) is 39.2. The molecule has 0 spiro atoms. The van der Waals surface area contributed by atoms with Gasteiger partial charge in [-0.2, -0.15) is 0 Å². The van der Waals surface area contributed by atoms with Crippen molar-refractivity contribution in [1.29, 1.82) is 0 Å². The first-order valence-corrected chi connectivity index (χ1v) is 24.8. The van der Waals surface area contributed by atoms with Crippen LogP contribution in [0, 0.1) is 0 Å². The van der Waals surface area contributed by atoms with Crippen molar-refractivity contribution in [3.8, 4) is 66.8 Å². The van der Waals surface area contributed by atoms with Crippen molar-refractivity contribution in [1.82, 2.24) is 0 Å². The largest absolute Gasteiger partial charge is 0.310 e. The Morgan fingerprint density at radius 2 is 0.714 bits per heavy atom. The molecule has 328 valence electrons. The maximum absolute atomic E-state index is 2.46. The number of thiophene rings is 1. The Bertz CT molecular complexity index is 4040. The number of nitrogens with zero attached hydrogens (tertiary/aromatic N) is 1. The molecular weight excluding hydrogens is 863 g/mol. The van der Waals surface area contributed by atoms with Crippen LogP contribution in [-0.2, 0) is 0 Å². The second-order valence-corrected chi connectivity index (χ2v) is 19.0. The highest BCUT2D eigenvalue weighted by Crippen LogP contribution is 2.49. The van der Waals surface area contributed by atoms with Crippen molar-refractivity contribution in [2.75, 3.05) is 4.90 Å². The van der Waals surface area contributed by atoms with Crippen LogP contribution < -0.4 is 4.90 Å². The first-order chi connectivity index (χ1) is 34.7. The van der Waals surface area contributed by atoms with E-state index in [-0.39, 0.29) is 0 Å². The second kappa shape index (κ2) is 17.7. The quantitative estimate of drug-likeness (QED) is 0.139. The van der Waals surface area contributed by atoms with E-state index in [4.69, 9.17) is 0 Å². The van der Waals surface area contributed by atoms with Crippen LogP contribution in [0.25, 0.3) is 108 Å². The summed E-state index contributed by atoms with van der Waals surface area (Å²) in [4.78, 5) is 2.46. The molecule has 0 fully saturated rings. The summed E-state index contributed by atoms with van der Waals surface area (Å²) in [6, 6.07) is 99.9. The molecule has 13 aromatic rings. The van der Waals surface area contributed by atoms with Gasteiger partial charge in [0, 0.05) is 31.5 Å². The molecule has 0 unspecified atom stereocenters. The van der Waals surface area contributed by atoms with Crippen LogP contribution in [0.1, 0.15) is 0 Å². The SMILES string of the molecule is c1ccc(-c2ccc(N(c3ccc(-c4cccc(-c5cccc6ccccc56)c4)cc3)c3ccc(-c4ccccc4-c4ccccc4-c4cccc5ccccc45)cc3)c3c2sc2ccccc23)cc1. The Labute approximate surface area is 412 Å². The Kier molecular flexibility index (Phi) is 10.5. The minimum Gasteiger partial charge on any atom is -0.310 e. The van der Waals surface area contributed by atoms with Crippen molar-refractivity contribution in [3.05, 3.63) is 273 Å². The number of fused-ring (bicyclic) bond motifs is 5. The molecule has 0 aliphatic rings. The smallest absolute Gasteiger partial charge is 0.0555 e. The van der Waals surface area contributed by atoms with Crippen molar-refractivity contribution < 1.29 is 0 Å². The van der Waals surface area contributed by atoms with Crippen LogP contribution in [-0.4, -0.2) is 0 Å². The van der Waals surface area contributed by atoms with Crippen LogP contribution in [0.4, 0.5) is 17.1 Å². The van der Waals surface area contributed by atoms with Gasteiger partial charge in [0.15, 0.2) is 0 Å². The van der Waals surface area contributed by atoms with E-state index >= 15 is 0 Å². The lowest BCUT2D eigenvalue weighted by atomic mass is 9.88. The molecule has 12 aromatic carbocycles. The Hall–Kier alpha value is -8.82. The molecule has 0 N–H and O–H groups in total. The predicted octanol–water partition coefficient (Wildman–Crippen LogP) is 19.8. The van der Waals surface area contributed by atoms with Crippen molar-refractivity contribution in [2.45, 2.75) is 0 Å². The lowest BCUT2D eigenvalue weighted by Crippen LogP contribution is -2.10. The zero-order chi connectivity index (χ0) is 46.4. The number of hydrogen-bond acceptors (Lipinski definition) is 2. The van der Waals surface area contributed by atoms with Crippen molar-refractivity contribution >= 4 is 70.1 Å². The minimum atomic E-state index is 1.09. The predicted molar refractivity (Wildman–Crippen MR) is 302 cm³/mol. The fraction of sp³-hybridized carbons (Fsp3) is 0. The third-order valence-corrected chi connectivity index (χ3v) is 15.1. The van der Waals surface area contributed by atoms with Gasteiger partial charge in [0.05, 0.1) is 5.69 Å². The summed E-state index contributed by atoms with van der Waals surface area (Å²) in [6.45, 7) is 0. The number of benzene rings is 12. The Balaban J connectivity index is 0.942. The summed E-state index contributed by atoms with van der Waals surface area (Å²) < 4.78 is 2.56. The van der Waals surface area contributed by atoms with Crippen LogP contribution >= 0.6 is 11.3 Å². The summed E-state index contributed by atoms with van der Waals surface area (Å²) in [7, 11) is 0. The normalized spacial score (nSPS) is 11.4. The number of anilines is 3. The summed E-state index contributed by atoms with van der Waals surface area (Å²) in [6.07, 6.45) is 0. The maximum Gasteiger partial charge on any atom is 0.0555 e. The molecule has 0 bridgehead atoms. The van der Waals surface area contributed by atoms with E-state index in [1.807, 2.05) is 11.3 Å². The molecule has 0 radical (unpaired) electrons. The minimum absolute atomic E-state index is 1.09. The third-order valence-electron chi connectivity index (χ3n) is 13.9. The van der Waals surface area contributed by atoms with Gasteiger partial charge in [-0.05, 0) is 131 Å². The molecule has 2 heteroatoms. The standard InChI is InChI=1S/C68H45NS/c1-2-17-49(18-3-1)59-43-44-65(67-64-31-12-13-34-66(64)70-68(59)67)69(53-39-35-46(36-40-53)51-23-14-24-52(45-51)58-32-15-21-47-19-4-6-25-55(47)58)54-41-37-50(38-42-54)57-27-8-9-28-60(57)62-29-10-11-30-63(62)61-33-16-22-48-20-5-7-26-56(48)61/h1-45H. The molecule has 13 rings (SSSR count). The lowest BCUT2D eigenvalue weighted by molar-refractivity contribution is 1.30. The van der Waals surface area contributed by atoms with Gasteiger partial charge >= 0.3 is 0 Å². The monoisotopic (exact) mass is 907 g/mol. The molecular formula is C68H45NS. The van der Waals surface area contributed by atoms with Crippen LogP contribution in [0.5, 0.6) is 0 Å². The molecule has 0 amide bonds. The molecule has 0 saturated heterocycles. The Morgan fingerprint density at radius 3 is 1.41 bits per heavy atom. The van der Waals surface area contributed by atoms with Gasteiger partial charge in [-0.3, -0.25) is 0 Å². The Morgan fingerprint density at radius 1 is 0.257 bits per heavy atom. The molecule has 1 heterocycles. The molecule has 0 aliphatic carbocycles. The summed E-state index contributed by atoms with van der Waals surface area (Å²) in [5, 5.41) is 7.53. The maximum atomic E-state index is 2.46. The molecule has 1 aromatic heterocycles. The van der Waals surface area contributed by atoms with E-state index in [1.54, 1.807) is 0 Å². The van der Waals surface area contributed by atoms with E-state index in [0.29, 0.717) is 0 Å².